The Morgan fingerprint density at radius 1 is 1.14 bits per heavy atom. The monoisotopic (exact) mass is 399 g/mol. The van der Waals surface area contributed by atoms with E-state index < -0.39 is 12.1 Å². The predicted octanol–water partition coefficient (Wildman–Crippen LogP) is 4.72. The van der Waals surface area contributed by atoms with Crippen LogP contribution in [-0.4, -0.2) is 51.4 Å². The van der Waals surface area contributed by atoms with Gasteiger partial charge in [0.2, 0.25) is 5.96 Å². The van der Waals surface area contributed by atoms with Gasteiger partial charge in [-0.05, 0) is 37.7 Å². The highest BCUT2D eigenvalue weighted by molar-refractivity contribution is 6.05. The average molecular weight is 400 g/mol. The quantitative estimate of drug-likeness (QED) is 0.778. The summed E-state index contributed by atoms with van der Waals surface area (Å²) < 4.78 is 0. The van der Waals surface area contributed by atoms with Gasteiger partial charge in [-0.2, -0.15) is 0 Å². The van der Waals surface area contributed by atoms with E-state index in [4.69, 9.17) is 4.99 Å². The van der Waals surface area contributed by atoms with Crippen LogP contribution in [0.1, 0.15) is 70.9 Å². The van der Waals surface area contributed by atoms with Crippen LogP contribution in [-0.2, 0) is 4.79 Å². The SMILES string of the molecule is CC(C)C[C@H]1C(=O)CN(C2CCCCC2)C(=NC(C)c2ccccc2)N1C(=O)O. The van der Waals surface area contributed by atoms with Gasteiger partial charge in [0, 0.05) is 6.04 Å². The number of aliphatic imine (C=N–C) groups is 1. The molecular formula is C23H33N3O3. The Morgan fingerprint density at radius 2 is 1.79 bits per heavy atom. The molecule has 1 aliphatic carbocycles. The molecule has 1 aromatic rings. The van der Waals surface area contributed by atoms with Gasteiger partial charge in [-0.25, -0.2) is 14.7 Å². The van der Waals surface area contributed by atoms with E-state index in [0.717, 1.165) is 31.2 Å². The molecule has 1 heterocycles. The molecule has 6 nitrogen and oxygen atoms in total. The van der Waals surface area contributed by atoms with Crippen LogP contribution in [0.4, 0.5) is 4.79 Å². The third-order valence-electron chi connectivity index (χ3n) is 5.99. The first-order valence-corrected chi connectivity index (χ1v) is 10.8. The molecule has 29 heavy (non-hydrogen) atoms. The minimum absolute atomic E-state index is 0.0158. The van der Waals surface area contributed by atoms with Gasteiger partial charge in [0.05, 0.1) is 12.6 Å². The number of guanidine groups is 1. The lowest BCUT2D eigenvalue weighted by molar-refractivity contribution is -0.126. The third kappa shape index (κ3) is 4.98. The summed E-state index contributed by atoms with van der Waals surface area (Å²) in [5, 5.41) is 10.1. The van der Waals surface area contributed by atoms with Crippen LogP contribution < -0.4 is 0 Å². The molecule has 0 radical (unpaired) electrons. The van der Waals surface area contributed by atoms with Crippen molar-refractivity contribution in [2.24, 2.45) is 10.9 Å². The van der Waals surface area contributed by atoms with Crippen molar-refractivity contribution in [3.05, 3.63) is 35.9 Å². The maximum Gasteiger partial charge on any atom is 0.414 e. The summed E-state index contributed by atoms with van der Waals surface area (Å²) in [6, 6.07) is 9.23. The lowest BCUT2D eigenvalue weighted by Crippen LogP contribution is -2.64. The van der Waals surface area contributed by atoms with Crippen molar-refractivity contribution < 1.29 is 14.7 Å². The van der Waals surface area contributed by atoms with Gasteiger partial charge in [0.15, 0.2) is 5.78 Å². The zero-order chi connectivity index (χ0) is 21.0. The molecule has 1 saturated carbocycles. The van der Waals surface area contributed by atoms with Crippen molar-refractivity contribution in [3.8, 4) is 0 Å². The Hall–Kier alpha value is -2.37. The van der Waals surface area contributed by atoms with E-state index in [1.165, 1.54) is 11.3 Å². The van der Waals surface area contributed by atoms with E-state index in [1.54, 1.807) is 0 Å². The van der Waals surface area contributed by atoms with Gasteiger partial charge < -0.3 is 10.0 Å². The highest BCUT2D eigenvalue weighted by atomic mass is 16.4. The van der Waals surface area contributed by atoms with E-state index in [1.807, 2.05) is 56.0 Å². The van der Waals surface area contributed by atoms with Crippen LogP contribution in [0, 0.1) is 5.92 Å². The molecule has 1 aliphatic heterocycles. The fourth-order valence-electron chi connectivity index (χ4n) is 4.47. The van der Waals surface area contributed by atoms with E-state index >= 15 is 0 Å². The number of Topliss-reactive ketones (excluding diaryl/α,β-unsaturated/α-hetero) is 1. The molecule has 0 spiro atoms. The van der Waals surface area contributed by atoms with E-state index in [9.17, 15) is 14.7 Å². The number of benzene rings is 1. The van der Waals surface area contributed by atoms with Crippen LogP contribution in [0.3, 0.4) is 0 Å². The van der Waals surface area contributed by atoms with Crippen molar-refractivity contribution in [3.63, 3.8) is 0 Å². The second-order valence-electron chi connectivity index (χ2n) is 8.70. The molecule has 6 heteroatoms. The van der Waals surface area contributed by atoms with Crippen molar-refractivity contribution in [2.75, 3.05) is 6.54 Å². The van der Waals surface area contributed by atoms with Gasteiger partial charge in [-0.1, -0.05) is 63.4 Å². The maximum absolute atomic E-state index is 13.0. The van der Waals surface area contributed by atoms with E-state index in [2.05, 4.69) is 0 Å². The Bertz CT molecular complexity index is 741. The number of ketones is 1. The first-order chi connectivity index (χ1) is 13.9. The first kappa shape index (κ1) is 21.3. The van der Waals surface area contributed by atoms with Gasteiger partial charge in [0.25, 0.3) is 0 Å². The molecular weight excluding hydrogens is 366 g/mol. The van der Waals surface area contributed by atoms with Gasteiger partial charge in [0.1, 0.15) is 6.04 Å². The van der Waals surface area contributed by atoms with Crippen molar-refractivity contribution in [1.29, 1.82) is 0 Å². The summed E-state index contributed by atoms with van der Waals surface area (Å²) in [7, 11) is 0. The largest absolute Gasteiger partial charge is 0.465 e. The van der Waals surface area contributed by atoms with Crippen molar-refractivity contribution >= 4 is 17.8 Å². The number of carbonyl (C=O) groups is 2. The Labute approximate surface area is 173 Å². The average Bonchev–Trinajstić information content (AvgIpc) is 2.71. The Balaban J connectivity index is 2.01. The number of rotatable bonds is 5. The fourth-order valence-corrected chi connectivity index (χ4v) is 4.47. The van der Waals surface area contributed by atoms with Crippen LogP contribution in [0.15, 0.2) is 35.3 Å². The summed E-state index contributed by atoms with van der Waals surface area (Å²) in [6.45, 7) is 6.27. The molecule has 2 aliphatic rings. The summed E-state index contributed by atoms with van der Waals surface area (Å²) in [4.78, 5) is 33.4. The standard InChI is InChI=1S/C23H33N3O3/c1-16(2)14-20-21(27)15-25(19-12-8-5-9-13-19)22(26(20)23(28)29)24-17(3)18-10-6-4-7-11-18/h4,6-7,10-11,16-17,19-20H,5,8-9,12-15H2,1-3H3,(H,28,29)/t17?,20-/m0/s1. The number of amides is 1. The number of carbonyl (C=O) groups excluding carboxylic acids is 1. The lowest BCUT2D eigenvalue weighted by Gasteiger charge is -2.45. The third-order valence-corrected chi connectivity index (χ3v) is 5.99. The van der Waals surface area contributed by atoms with Crippen molar-refractivity contribution in [2.45, 2.75) is 77.4 Å². The Kier molecular flexibility index (Phi) is 6.93. The minimum atomic E-state index is -1.09. The molecule has 1 unspecified atom stereocenters. The summed E-state index contributed by atoms with van der Waals surface area (Å²) in [6.07, 6.45) is 4.80. The van der Waals surface area contributed by atoms with Gasteiger partial charge in [-0.15, -0.1) is 0 Å². The van der Waals surface area contributed by atoms with Crippen LogP contribution in [0.2, 0.25) is 0 Å². The second kappa shape index (κ2) is 9.42. The summed E-state index contributed by atoms with van der Waals surface area (Å²) in [5.74, 6) is 0.656. The van der Waals surface area contributed by atoms with E-state index in [0.29, 0.717) is 12.4 Å². The molecule has 1 aromatic carbocycles. The molecule has 2 fully saturated rings. The molecule has 1 amide bonds. The molecule has 1 N–H and O–H groups in total. The highest BCUT2D eigenvalue weighted by Gasteiger charge is 2.44. The second-order valence-corrected chi connectivity index (χ2v) is 8.70. The smallest absolute Gasteiger partial charge is 0.414 e. The number of carboxylic acid groups (broad SMARTS) is 1. The fraction of sp³-hybridized carbons (Fsp3) is 0.609. The normalized spacial score (nSPS) is 23.7. The number of nitrogens with zero attached hydrogens (tertiary/aromatic N) is 3. The Morgan fingerprint density at radius 3 is 2.38 bits per heavy atom. The predicted molar refractivity (Wildman–Crippen MR) is 114 cm³/mol. The molecule has 2 atom stereocenters. The zero-order valence-corrected chi connectivity index (χ0v) is 17.8. The molecule has 0 aromatic heterocycles. The van der Waals surface area contributed by atoms with E-state index in [-0.39, 0.29) is 30.3 Å². The highest BCUT2D eigenvalue weighted by Crippen LogP contribution is 2.30. The topological polar surface area (TPSA) is 73.2 Å². The zero-order valence-electron chi connectivity index (χ0n) is 17.8. The molecule has 158 valence electrons. The van der Waals surface area contributed by atoms with Gasteiger partial charge >= 0.3 is 6.09 Å². The first-order valence-electron chi connectivity index (χ1n) is 10.8. The van der Waals surface area contributed by atoms with Gasteiger partial charge in [-0.3, -0.25) is 4.79 Å². The van der Waals surface area contributed by atoms with Crippen LogP contribution in [0.5, 0.6) is 0 Å². The van der Waals surface area contributed by atoms with Crippen molar-refractivity contribution in [1.82, 2.24) is 9.80 Å². The summed E-state index contributed by atoms with van der Waals surface area (Å²) >= 11 is 0. The number of hydrogen-bond acceptors (Lipinski definition) is 3. The lowest BCUT2D eigenvalue weighted by atomic mass is 9.91. The molecule has 3 rings (SSSR count). The van der Waals surface area contributed by atoms with Crippen LogP contribution >= 0.6 is 0 Å². The summed E-state index contributed by atoms with van der Waals surface area (Å²) in [5.41, 5.74) is 1.03. The van der Waals surface area contributed by atoms with Crippen LogP contribution in [0.25, 0.3) is 0 Å². The minimum Gasteiger partial charge on any atom is -0.465 e. The molecule has 1 saturated heterocycles. The molecule has 0 bridgehead atoms. The number of hydrogen-bond donors (Lipinski definition) is 1. The maximum atomic E-state index is 13.0.